The third-order valence-corrected chi connectivity index (χ3v) is 4.82. The molecule has 1 heterocycles. The van der Waals surface area contributed by atoms with Gasteiger partial charge in [-0.3, -0.25) is 4.79 Å². The fourth-order valence-electron chi connectivity index (χ4n) is 2.75. The number of alkyl halides is 1. The second-order valence-electron chi connectivity index (χ2n) is 6.58. The molecule has 0 radical (unpaired) electrons. The van der Waals surface area contributed by atoms with Crippen molar-refractivity contribution >= 4 is 34.5 Å². The molecule has 6 heteroatoms. The number of piperidine rings is 1. The number of ether oxygens (including phenoxy) is 2. The third kappa shape index (κ3) is 5.17. The second kappa shape index (κ2) is 8.29. The number of carbonyl (C=O) groups is 2. The van der Waals surface area contributed by atoms with Gasteiger partial charge in [-0.05, 0) is 71.0 Å². The van der Waals surface area contributed by atoms with E-state index in [0.29, 0.717) is 17.2 Å². The van der Waals surface area contributed by atoms with Gasteiger partial charge in [-0.15, -0.1) is 0 Å². The van der Waals surface area contributed by atoms with E-state index in [1.807, 2.05) is 36.4 Å². The predicted octanol–water partition coefficient (Wildman–Crippen LogP) is 3.35. The average Bonchev–Trinajstić information content (AvgIpc) is 2.55. The Labute approximate surface area is 156 Å². The van der Waals surface area contributed by atoms with Crippen LogP contribution in [-0.4, -0.2) is 34.6 Å². The molecule has 0 aliphatic carbocycles. The van der Waals surface area contributed by atoms with Crippen LogP contribution in [0.25, 0.3) is 0 Å². The molecule has 5 nitrogen and oxygen atoms in total. The number of carbonyl (C=O) groups excluding carboxylic acids is 2. The van der Waals surface area contributed by atoms with Crippen LogP contribution < -0.4 is 10.1 Å². The van der Waals surface area contributed by atoms with Gasteiger partial charge in [-0.2, -0.15) is 0 Å². The van der Waals surface area contributed by atoms with Gasteiger partial charge in [-0.1, -0.05) is 22.6 Å². The van der Waals surface area contributed by atoms with Crippen molar-refractivity contribution in [2.45, 2.75) is 43.1 Å². The summed E-state index contributed by atoms with van der Waals surface area (Å²) in [6.45, 7) is 7.62. The van der Waals surface area contributed by atoms with E-state index >= 15 is 0 Å². The molecule has 1 aromatic carbocycles. The molecule has 1 aliphatic rings. The van der Waals surface area contributed by atoms with Gasteiger partial charge >= 0.3 is 11.9 Å². The zero-order chi connectivity index (χ0) is 17.7. The first-order valence-corrected chi connectivity index (χ1v) is 9.44. The summed E-state index contributed by atoms with van der Waals surface area (Å²) in [6, 6.07) is 6.48. The van der Waals surface area contributed by atoms with Crippen LogP contribution in [0.5, 0.6) is 5.75 Å². The number of hydrogen-bond donors (Lipinski definition) is 1. The first-order valence-electron chi connectivity index (χ1n) is 8.19. The lowest BCUT2D eigenvalue weighted by atomic mass is 9.83. The van der Waals surface area contributed by atoms with E-state index in [0.717, 1.165) is 25.9 Å². The molecule has 0 spiro atoms. The van der Waals surface area contributed by atoms with Gasteiger partial charge in [0.25, 0.3) is 0 Å². The van der Waals surface area contributed by atoms with Crippen LogP contribution in [0.4, 0.5) is 0 Å². The highest BCUT2D eigenvalue weighted by Crippen LogP contribution is 2.30. The molecule has 0 bridgehead atoms. The van der Waals surface area contributed by atoms with E-state index in [1.54, 1.807) is 31.2 Å². The smallest absolute Gasteiger partial charge is 0.338 e. The van der Waals surface area contributed by atoms with Crippen LogP contribution in [0.2, 0.25) is 0 Å². The molecule has 132 valence electrons. The van der Waals surface area contributed by atoms with Crippen LogP contribution >= 0.6 is 22.6 Å². The normalized spacial score (nSPS) is 17.2. The van der Waals surface area contributed by atoms with Gasteiger partial charge < -0.3 is 14.8 Å². The molecule has 24 heavy (non-hydrogen) atoms. The fraction of sp³-hybridized carbons (Fsp3) is 0.556. The van der Waals surface area contributed by atoms with Gasteiger partial charge in [0.15, 0.2) is 0 Å². The van der Waals surface area contributed by atoms with Crippen LogP contribution in [0.1, 0.15) is 44.0 Å². The summed E-state index contributed by atoms with van der Waals surface area (Å²) >= 11 is 2.00. The number of esters is 2. The number of benzene rings is 1. The Morgan fingerprint density at radius 2 is 1.79 bits per heavy atom. The zero-order valence-electron chi connectivity index (χ0n) is 14.3. The lowest BCUT2D eigenvalue weighted by Gasteiger charge is -2.36. The molecule has 1 N–H and O–H groups in total. The first-order chi connectivity index (χ1) is 11.3. The first kappa shape index (κ1) is 19.2. The van der Waals surface area contributed by atoms with Crippen molar-refractivity contribution < 1.29 is 19.1 Å². The van der Waals surface area contributed by atoms with Crippen molar-refractivity contribution in [3.8, 4) is 5.75 Å². The van der Waals surface area contributed by atoms with Crippen molar-refractivity contribution in [3.05, 3.63) is 29.8 Å². The Kier molecular flexibility index (Phi) is 6.62. The fourth-order valence-corrected chi connectivity index (χ4v) is 2.88. The topological polar surface area (TPSA) is 64.6 Å². The van der Waals surface area contributed by atoms with Gasteiger partial charge in [0.05, 0.1) is 5.56 Å². The number of halogens is 1. The van der Waals surface area contributed by atoms with Crippen molar-refractivity contribution in [3.63, 3.8) is 0 Å². The van der Waals surface area contributed by atoms with Gasteiger partial charge in [0, 0.05) is 5.92 Å². The molecule has 1 aromatic rings. The number of rotatable bonds is 5. The largest absolute Gasteiger partial charge is 0.456 e. The Hall–Kier alpha value is -1.15. The second-order valence-corrected chi connectivity index (χ2v) is 8.45. The summed E-state index contributed by atoms with van der Waals surface area (Å²) < 4.78 is 10.7. The molecular formula is C18H24INO4. The summed E-state index contributed by atoms with van der Waals surface area (Å²) in [5.74, 6) is 0.127. The number of hydrogen-bond acceptors (Lipinski definition) is 5. The van der Waals surface area contributed by atoms with E-state index in [2.05, 4.69) is 5.32 Å². The maximum Gasteiger partial charge on any atom is 0.338 e. The summed E-state index contributed by atoms with van der Waals surface area (Å²) in [6.07, 6.45) is 2.01. The predicted molar refractivity (Wildman–Crippen MR) is 101 cm³/mol. The van der Waals surface area contributed by atoms with Crippen LogP contribution in [0, 0.1) is 5.92 Å². The van der Waals surface area contributed by atoms with E-state index in [1.165, 1.54) is 0 Å². The van der Waals surface area contributed by atoms with Crippen LogP contribution in [0.15, 0.2) is 24.3 Å². The standard InChI is InChI=1S/C18H24INO4/c1-12(19)16(21)23-15-6-4-13(5-7-15)17(22)24-18(2,3)14-8-10-20-11-9-14/h4-7,12,14,20H,8-11H2,1-3H3. The summed E-state index contributed by atoms with van der Waals surface area (Å²) in [5.41, 5.74) is -0.0413. The molecule has 1 atom stereocenters. The minimum Gasteiger partial charge on any atom is -0.456 e. The van der Waals surface area contributed by atoms with Crippen LogP contribution in [0.3, 0.4) is 0 Å². The highest BCUT2D eigenvalue weighted by molar-refractivity contribution is 14.1. The maximum absolute atomic E-state index is 12.4. The van der Waals surface area contributed by atoms with Crippen molar-refractivity contribution in [1.29, 1.82) is 0 Å². The van der Waals surface area contributed by atoms with Crippen molar-refractivity contribution in [2.75, 3.05) is 13.1 Å². The zero-order valence-corrected chi connectivity index (χ0v) is 16.5. The Morgan fingerprint density at radius 1 is 1.21 bits per heavy atom. The SMILES string of the molecule is CC(I)C(=O)Oc1ccc(C(=O)OC(C)(C)C2CCNCC2)cc1. The van der Waals surface area contributed by atoms with Gasteiger partial charge in [0.1, 0.15) is 15.3 Å². The monoisotopic (exact) mass is 445 g/mol. The van der Waals surface area contributed by atoms with Gasteiger partial charge in [-0.25, -0.2) is 4.79 Å². The molecule has 0 saturated carbocycles. The summed E-state index contributed by atoms with van der Waals surface area (Å²) in [7, 11) is 0. The Balaban J connectivity index is 1.98. The highest BCUT2D eigenvalue weighted by atomic mass is 127. The average molecular weight is 445 g/mol. The maximum atomic E-state index is 12.4. The Morgan fingerprint density at radius 3 is 2.33 bits per heavy atom. The van der Waals surface area contributed by atoms with E-state index in [9.17, 15) is 9.59 Å². The Bertz CT molecular complexity index is 577. The van der Waals surface area contributed by atoms with Crippen molar-refractivity contribution in [1.82, 2.24) is 5.32 Å². The van der Waals surface area contributed by atoms with Crippen LogP contribution in [-0.2, 0) is 9.53 Å². The molecule has 0 aromatic heterocycles. The molecule has 1 fully saturated rings. The quantitative estimate of drug-likeness (QED) is 0.326. The third-order valence-electron chi connectivity index (χ3n) is 4.31. The van der Waals surface area contributed by atoms with E-state index in [4.69, 9.17) is 9.47 Å². The minimum absolute atomic E-state index is 0.224. The highest BCUT2D eigenvalue weighted by Gasteiger charge is 2.34. The molecule has 1 saturated heterocycles. The molecular weight excluding hydrogens is 421 g/mol. The lowest BCUT2D eigenvalue weighted by Crippen LogP contribution is -2.42. The van der Waals surface area contributed by atoms with E-state index in [-0.39, 0.29) is 15.9 Å². The van der Waals surface area contributed by atoms with E-state index < -0.39 is 5.60 Å². The lowest BCUT2D eigenvalue weighted by molar-refractivity contribution is -0.133. The molecule has 1 unspecified atom stereocenters. The number of nitrogens with one attached hydrogen (secondary N) is 1. The minimum atomic E-state index is -0.499. The molecule has 1 aliphatic heterocycles. The summed E-state index contributed by atoms with van der Waals surface area (Å²) in [5, 5.41) is 3.32. The van der Waals surface area contributed by atoms with Gasteiger partial charge in [0.2, 0.25) is 0 Å². The summed E-state index contributed by atoms with van der Waals surface area (Å²) in [4.78, 5) is 24.0. The van der Waals surface area contributed by atoms with Crippen molar-refractivity contribution in [2.24, 2.45) is 5.92 Å². The molecule has 0 amide bonds. The molecule has 2 rings (SSSR count).